The average molecular weight is 286 g/mol. The van der Waals surface area contributed by atoms with Crippen LogP contribution in [0.5, 0.6) is 0 Å². The number of ether oxygens (including phenoxy) is 1. The molecule has 0 spiro atoms. The third kappa shape index (κ3) is 4.68. The van der Waals surface area contributed by atoms with Gasteiger partial charge in [-0.05, 0) is 12.8 Å². The Morgan fingerprint density at radius 3 is 2.95 bits per heavy atom. The maximum absolute atomic E-state index is 11.9. The Balaban J connectivity index is 2.60. The van der Waals surface area contributed by atoms with Gasteiger partial charge >= 0.3 is 0 Å². The number of rotatable bonds is 8. The van der Waals surface area contributed by atoms with Crippen LogP contribution in [0.2, 0.25) is 0 Å². The summed E-state index contributed by atoms with van der Waals surface area (Å²) < 4.78 is 4.92. The van der Waals surface area contributed by atoms with E-state index in [2.05, 4.69) is 17.2 Å². The molecule has 0 aliphatic carbocycles. The second-order valence-corrected chi connectivity index (χ2v) is 5.21. The highest BCUT2D eigenvalue weighted by atomic mass is 32.1. The summed E-state index contributed by atoms with van der Waals surface area (Å²) >= 11 is 1.33. The fourth-order valence-corrected chi connectivity index (χ4v) is 2.46. The Hall–Kier alpha value is -1.34. The van der Waals surface area contributed by atoms with Crippen LogP contribution in [-0.4, -0.2) is 44.7 Å². The Kier molecular flexibility index (Phi) is 6.58. The molecule has 0 unspecified atom stereocenters. The first-order valence-electron chi connectivity index (χ1n) is 6.34. The summed E-state index contributed by atoms with van der Waals surface area (Å²) in [5.74, 6) is 0.134. The van der Waals surface area contributed by atoms with Gasteiger partial charge in [0.2, 0.25) is 0 Å². The summed E-state index contributed by atoms with van der Waals surface area (Å²) in [6.07, 6.45) is 1.80. The van der Waals surface area contributed by atoms with Crippen molar-refractivity contribution in [2.45, 2.75) is 19.8 Å². The van der Waals surface area contributed by atoms with Crippen molar-refractivity contribution in [1.82, 2.24) is 10.3 Å². The Morgan fingerprint density at radius 1 is 1.58 bits per heavy atom. The van der Waals surface area contributed by atoms with Gasteiger partial charge in [-0.1, -0.05) is 18.3 Å². The molecule has 6 nitrogen and oxygen atoms in total. The number of hydrogen-bond acceptors (Lipinski definition) is 6. The van der Waals surface area contributed by atoms with E-state index in [1.807, 2.05) is 11.9 Å². The van der Waals surface area contributed by atoms with E-state index in [9.17, 15) is 4.79 Å². The molecule has 0 saturated heterocycles. The number of nitrogens with one attached hydrogen (secondary N) is 1. The highest BCUT2D eigenvalue weighted by molar-refractivity contribution is 7.18. The number of thiazole rings is 1. The lowest BCUT2D eigenvalue weighted by molar-refractivity contribution is 0.0953. The first-order chi connectivity index (χ1) is 9.10. The highest BCUT2D eigenvalue weighted by Crippen LogP contribution is 2.27. The third-order valence-corrected chi connectivity index (χ3v) is 3.73. The van der Waals surface area contributed by atoms with Crippen LogP contribution >= 0.6 is 11.3 Å². The third-order valence-electron chi connectivity index (χ3n) is 2.54. The number of nitrogen functional groups attached to an aromatic ring is 1. The number of anilines is 2. The number of aromatic nitrogens is 1. The zero-order valence-corrected chi connectivity index (χ0v) is 12.5. The molecule has 0 aromatic carbocycles. The monoisotopic (exact) mass is 286 g/mol. The second kappa shape index (κ2) is 7.96. The molecule has 0 aliphatic heterocycles. The number of methoxy groups -OCH3 is 1. The van der Waals surface area contributed by atoms with E-state index in [1.54, 1.807) is 7.11 Å². The maximum Gasteiger partial charge on any atom is 0.265 e. The first kappa shape index (κ1) is 15.7. The van der Waals surface area contributed by atoms with Crippen molar-refractivity contribution in [3.05, 3.63) is 4.88 Å². The van der Waals surface area contributed by atoms with Crippen molar-refractivity contribution < 1.29 is 9.53 Å². The zero-order valence-electron chi connectivity index (χ0n) is 11.7. The molecule has 0 bridgehead atoms. The molecule has 1 heterocycles. The fraction of sp³-hybridized carbons (Fsp3) is 0.667. The van der Waals surface area contributed by atoms with Crippen LogP contribution in [0, 0.1) is 0 Å². The summed E-state index contributed by atoms with van der Waals surface area (Å²) in [4.78, 5) is 18.7. The van der Waals surface area contributed by atoms with Crippen LogP contribution in [0.25, 0.3) is 0 Å². The molecule has 19 heavy (non-hydrogen) atoms. The Bertz CT molecular complexity index is 408. The van der Waals surface area contributed by atoms with Gasteiger partial charge in [-0.3, -0.25) is 4.79 Å². The minimum atomic E-state index is -0.165. The molecular formula is C12H22N4O2S. The molecular weight excluding hydrogens is 264 g/mol. The van der Waals surface area contributed by atoms with E-state index < -0.39 is 0 Å². The van der Waals surface area contributed by atoms with E-state index in [0.717, 1.165) is 24.5 Å². The van der Waals surface area contributed by atoms with Gasteiger partial charge in [-0.25, -0.2) is 4.98 Å². The van der Waals surface area contributed by atoms with Crippen LogP contribution in [0.1, 0.15) is 29.4 Å². The number of amides is 1. The number of carbonyl (C=O) groups is 1. The molecule has 0 aliphatic rings. The molecule has 1 aromatic rings. The largest absolute Gasteiger partial charge is 0.385 e. The van der Waals surface area contributed by atoms with Gasteiger partial charge < -0.3 is 20.7 Å². The lowest BCUT2D eigenvalue weighted by Gasteiger charge is -2.13. The van der Waals surface area contributed by atoms with E-state index >= 15 is 0 Å². The van der Waals surface area contributed by atoms with Crippen molar-refractivity contribution in [3.8, 4) is 0 Å². The minimum Gasteiger partial charge on any atom is -0.385 e. The molecule has 108 valence electrons. The summed E-state index contributed by atoms with van der Waals surface area (Å²) in [7, 11) is 3.58. The van der Waals surface area contributed by atoms with Crippen molar-refractivity contribution in [3.63, 3.8) is 0 Å². The summed E-state index contributed by atoms with van der Waals surface area (Å²) in [5, 5.41) is 3.59. The topological polar surface area (TPSA) is 80.5 Å². The minimum absolute atomic E-state index is 0.165. The smallest absolute Gasteiger partial charge is 0.265 e. The van der Waals surface area contributed by atoms with E-state index in [1.165, 1.54) is 11.3 Å². The fourth-order valence-electron chi connectivity index (χ4n) is 1.58. The maximum atomic E-state index is 11.9. The molecule has 3 N–H and O–H groups in total. The van der Waals surface area contributed by atoms with E-state index in [-0.39, 0.29) is 5.91 Å². The average Bonchev–Trinajstić information content (AvgIpc) is 2.77. The zero-order chi connectivity index (χ0) is 14.3. The molecule has 1 rings (SSSR count). The SMILES string of the molecule is CCCN(C)c1nc(N)c(C(=O)NCCCOC)s1. The van der Waals surface area contributed by atoms with Gasteiger partial charge in [-0.15, -0.1) is 0 Å². The van der Waals surface area contributed by atoms with Crippen molar-refractivity contribution in [2.75, 3.05) is 44.5 Å². The molecule has 0 atom stereocenters. The van der Waals surface area contributed by atoms with Gasteiger partial charge in [-0.2, -0.15) is 0 Å². The van der Waals surface area contributed by atoms with E-state index in [4.69, 9.17) is 10.5 Å². The van der Waals surface area contributed by atoms with E-state index in [0.29, 0.717) is 23.8 Å². The summed E-state index contributed by atoms with van der Waals surface area (Å²) in [6, 6.07) is 0. The summed E-state index contributed by atoms with van der Waals surface area (Å²) in [5.41, 5.74) is 5.79. The second-order valence-electron chi connectivity index (χ2n) is 4.23. The molecule has 0 saturated carbocycles. The summed E-state index contributed by atoms with van der Waals surface area (Å²) in [6.45, 7) is 4.19. The predicted molar refractivity (Wildman–Crippen MR) is 78.9 cm³/mol. The standard InChI is InChI=1S/C12H22N4O2S/c1-4-7-16(2)12-15-10(13)9(19-12)11(17)14-6-5-8-18-3/h4-8,13H2,1-3H3,(H,14,17). The lowest BCUT2D eigenvalue weighted by atomic mass is 10.4. The Labute approximate surface area is 118 Å². The van der Waals surface area contributed by atoms with Gasteiger partial charge in [0.25, 0.3) is 5.91 Å². The number of nitrogens with two attached hydrogens (primary N) is 1. The van der Waals surface area contributed by atoms with Gasteiger partial charge in [0.1, 0.15) is 10.7 Å². The van der Waals surface area contributed by atoms with Crippen molar-refractivity contribution >= 4 is 28.2 Å². The van der Waals surface area contributed by atoms with Crippen LogP contribution in [0.4, 0.5) is 10.9 Å². The van der Waals surface area contributed by atoms with Gasteiger partial charge in [0.15, 0.2) is 5.13 Å². The van der Waals surface area contributed by atoms with Gasteiger partial charge in [0, 0.05) is 33.9 Å². The van der Waals surface area contributed by atoms with Crippen LogP contribution in [0.15, 0.2) is 0 Å². The normalized spacial score (nSPS) is 10.5. The first-order valence-corrected chi connectivity index (χ1v) is 7.16. The molecule has 0 fully saturated rings. The molecule has 1 amide bonds. The number of carbonyl (C=O) groups excluding carboxylic acids is 1. The lowest BCUT2D eigenvalue weighted by Crippen LogP contribution is -2.25. The van der Waals surface area contributed by atoms with Crippen LogP contribution < -0.4 is 16.0 Å². The van der Waals surface area contributed by atoms with Gasteiger partial charge in [0.05, 0.1) is 0 Å². The van der Waals surface area contributed by atoms with Crippen molar-refractivity contribution in [2.24, 2.45) is 0 Å². The van der Waals surface area contributed by atoms with Crippen LogP contribution in [0.3, 0.4) is 0 Å². The Morgan fingerprint density at radius 2 is 2.32 bits per heavy atom. The predicted octanol–water partition coefficient (Wildman–Crippen LogP) is 1.34. The van der Waals surface area contributed by atoms with Crippen molar-refractivity contribution in [1.29, 1.82) is 0 Å². The number of hydrogen-bond donors (Lipinski definition) is 2. The quantitative estimate of drug-likeness (QED) is 0.705. The molecule has 7 heteroatoms. The number of nitrogens with zero attached hydrogens (tertiary/aromatic N) is 2. The van der Waals surface area contributed by atoms with Crippen LogP contribution in [-0.2, 0) is 4.74 Å². The molecule has 0 radical (unpaired) electrons. The molecule has 1 aromatic heterocycles. The highest BCUT2D eigenvalue weighted by Gasteiger charge is 2.17.